The Labute approximate surface area is 344 Å². The summed E-state index contributed by atoms with van der Waals surface area (Å²) in [5, 5.41) is 45.7. The number of anilines is 1. The number of H-pyrrole nitrogens is 1. The van der Waals surface area contributed by atoms with E-state index in [9.17, 15) is 25.1 Å². The van der Waals surface area contributed by atoms with Crippen LogP contribution in [0.25, 0.3) is 0 Å². The number of aromatic nitrogens is 2. The Morgan fingerprint density at radius 1 is 0.881 bits per heavy atom. The number of benzene rings is 5. The average molecular weight is 788 g/mol. The molecule has 1 aliphatic rings. The highest BCUT2D eigenvalue weighted by Gasteiger charge is 2.59. The molecule has 0 spiro atoms. The smallest absolute Gasteiger partial charge is 0.197 e. The number of rotatable bonds is 16. The summed E-state index contributed by atoms with van der Waals surface area (Å²) in [6, 6.07) is 44.6. The molecule has 10 heteroatoms. The number of nitrogens with zero attached hydrogens (tertiary/aromatic N) is 2. The van der Waals surface area contributed by atoms with Crippen LogP contribution in [-0.2, 0) is 4.74 Å². The highest BCUT2D eigenvalue weighted by Crippen LogP contribution is 2.44. The molecule has 59 heavy (non-hydrogen) atoms. The summed E-state index contributed by atoms with van der Waals surface area (Å²) in [7, 11) is 0. The van der Waals surface area contributed by atoms with Crippen LogP contribution in [0.1, 0.15) is 90.9 Å². The maximum atomic E-state index is 14.5. The molecule has 1 saturated heterocycles. The molecule has 6 atom stereocenters. The highest BCUT2D eigenvalue weighted by atomic mass is 16.5. The first-order valence-electron chi connectivity index (χ1n) is 20.0. The van der Waals surface area contributed by atoms with Crippen LogP contribution in [0.3, 0.4) is 0 Å². The van der Waals surface area contributed by atoms with Crippen molar-refractivity contribution in [2.45, 2.75) is 74.9 Å². The van der Waals surface area contributed by atoms with E-state index in [0.717, 1.165) is 22.4 Å². The van der Waals surface area contributed by atoms with Crippen LogP contribution in [0.15, 0.2) is 140 Å². The van der Waals surface area contributed by atoms with E-state index in [4.69, 9.17) is 10.5 Å². The minimum Gasteiger partial charge on any atom is -0.382 e. The van der Waals surface area contributed by atoms with E-state index in [2.05, 4.69) is 58.0 Å². The molecule has 5 aromatic carbocycles. The summed E-state index contributed by atoms with van der Waals surface area (Å²) in [5.74, 6) is -2.05. The molecule has 0 radical (unpaired) electrons. The summed E-state index contributed by atoms with van der Waals surface area (Å²) in [4.78, 5) is 28.5. The first kappa shape index (κ1) is 41.0. The molecule has 0 amide bonds. The number of aryl methyl sites for hydroxylation is 2. The first-order chi connectivity index (χ1) is 28.6. The van der Waals surface area contributed by atoms with Gasteiger partial charge in [-0.25, -0.2) is 0 Å². The zero-order valence-electron chi connectivity index (χ0n) is 33.2. The Bertz CT molecular complexity index is 2390. The van der Waals surface area contributed by atoms with Crippen molar-refractivity contribution in [1.29, 1.82) is 5.26 Å². The maximum Gasteiger partial charge on any atom is 0.197 e. The molecule has 6 aromatic rings. The Morgan fingerprint density at radius 3 is 2.08 bits per heavy atom. The van der Waals surface area contributed by atoms with Crippen molar-refractivity contribution in [2.75, 3.05) is 11.9 Å². The lowest BCUT2D eigenvalue weighted by molar-refractivity contribution is -0.0833. The number of nitrogens with two attached hydrogens (primary N) is 1. The van der Waals surface area contributed by atoms with Gasteiger partial charge in [-0.05, 0) is 73.2 Å². The van der Waals surface area contributed by atoms with Crippen LogP contribution in [0.4, 0.5) is 5.69 Å². The van der Waals surface area contributed by atoms with Crippen molar-refractivity contribution < 1.29 is 24.5 Å². The fraction of sp³-hybridized carbons (Fsp3) is 0.265. The molecule has 1 aromatic heterocycles. The van der Waals surface area contributed by atoms with Crippen LogP contribution in [0.2, 0.25) is 0 Å². The van der Waals surface area contributed by atoms with Crippen LogP contribution in [0, 0.1) is 25.2 Å². The van der Waals surface area contributed by atoms with Gasteiger partial charge in [0.25, 0.3) is 0 Å². The number of nitriles is 1. The number of aliphatic hydroxyl groups excluding tert-OH is 1. The van der Waals surface area contributed by atoms with Crippen molar-refractivity contribution >= 4 is 17.3 Å². The van der Waals surface area contributed by atoms with Crippen molar-refractivity contribution in [3.05, 3.63) is 190 Å². The molecular weight excluding hydrogens is 739 g/mol. The van der Waals surface area contributed by atoms with E-state index in [1.54, 1.807) is 62.4 Å². The maximum absolute atomic E-state index is 14.5. The van der Waals surface area contributed by atoms with Gasteiger partial charge in [0, 0.05) is 47.3 Å². The highest BCUT2D eigenvalue weighted by molar-refractivity contribution is 6.06. The molecule has 10 nitrogen and oxygen atoms in total. The minimum atomic E-state index is -2.31. The van der Waals surface area contributed by atoms with E-state index in [-0.39, 0.29) is 35.1 Å². The van der Waals surface area contributed by atoms with E-state index < -0.39 is 41.4 Å². The Balaban J connectivity index is 1.25. The summed E-state index contributed by atoms with van der Waals surface area (Å²) in [6.45, 7) is 3.85. The number of carbonyl (C=O) groups is 2. The topological polar surface area (TPSA) is 174 Å². The summed E-state index contributed by atoms with van der Waals surface area (Å²) >= 11 is 0. The van der Waals surface area contributed by atoms with Crippen LogP contribution >= 0.6 is 0 Å². The van der Waals surface area contributed by atoms with Gasteiger partial charge in [-0.1, -0.05) is 121 Å². The number of hydrogen-bond donors (Lipinski definition) is 5. The Hall–Kier alpha value is -6.22. The normalized spacial score (nSPS) is 19.1. The third-order valence-electron chi connectivity index (χ3n) is 11.6. The molecule has 2 heterocycles. The van der Waals surface area contributed by atoms with Crippen LogP contribution in [0.5, 0.6) is 0 Å². The monoisotopic (exact) mass is 787 g/mol. The van der Waals surface area contributed by atoms with Gasteiger partial charge in [-0.15, -0.1) is 0 Å². The largest absolute Gasteiger partial charge is 0.382 e. The van der Waals surface area contributed by atoms with Crippen molar-refractivity contribution in [1.82, 2.24) is 10.2 Å². The second-order valence-corrected chi connectivity index (χ2v) is 15.4. The average Bonchev–Trinajstić information content (AvgIpc) is 3.88. The van der Waals surface area contributed by atoms with Crippen LogP contribution < -0.4 is 11.1 Å². The molecule has 0 aliphatic carbocycles. The summed E-state index contributed by atoms with van der Waals surface area (Å²) in [6.07, 6.45) is -2.42. The van der Waals surface area contributed by atoms with Crippen molar-refractivity contribution in [3.8, 4) is 6.07 Å². The number of ketones is 2. The lowest BCUT2D eigenvalue weighted by atomic mass is 9.78. The van der Waals surface area contributed by atoms with Crippen LogP contribution in [-0.4, -0.2) is 68.5 Å². The van der Waals surface area contributed by atoms with Crippen molar-refractivity contribution in [3.63, 3.8) is 0 Å². The molecule has 0 bridgehead atoms. The number of ether oxygens (including phenoxy) is 1. The molecule has 0 saturated carbocycles. The first-order valence-corrected chi connectivity index (χ1v) is 20.0. The number of hydrogen-bond acceptors (Lipinski definition) is 9. The number of aromatic amines is 1. The van der Waals surface area contributed by atoms with Gasteiger partial charge in [0.1, 0.15) is 18.3 Å². The standard InChI is InChI=1S/C49H49N5O5/c1-31-14-9-11-22-39(31)45(55)46(56)48-49(58,47(57)40-23-12-10-15-32(40)2)28-42(59-48)41(44-36(29-51)30-52-54-44)27-38(24-25-50)53-37-21-13-20-35(26-37)43(33-16-5-3-6-17-33)34-18-7-4-8-19-34/h3-23,26,30,38,41-43,46,48,53,56,58H,24-25,27-28,50H2,1-2H3,(H,52,54)/t38?,41?,42-,46?,48+,49+/m0/s1. The zero-order valence-corrected chi connectivity index (χ0v) is 33.2. The second-order valence-electron chi connectivity index (χ2n) is 15.4. The van der Waals surface area contributed by atoms with E-state index >= 15 is 0 Å². The number of Topliss-reactive ketones (excluding diaryl/α,β-unsaturated/α-hetero) is 2. The predicted molar refractivity (Wildman–Crippen MR) is 227 cm³/mol. The fourth-order valence-corrected chi connectivity index (χ4v) is 8.55. The fourth-order valence-electron chi connectivity index (χ4n) is 8.55. The molecule has 3 unspecified atom stereocenters. The molecule has 7 rings (SSSR count). The van der Waals surface area contributed by atoms with E-state index in [1.807, 2.05) is 48.5 Å². The number of carbonyl (C=O) groups excluding carboxylic acids is 2. The van der Waals surface area contributed by atoms with Gasteiger partial charge in [0.2, 0.25) is 0 Å². The molecular formula is C49H49N5O5. The Morgan fingerprint density at radius 2 is 1.47 bits per heavy atom. The van der Waals surface area contributed by atoms with Crippen molar-refractivity contribution in [2.24, 2.45) is 5.73 Å². The van der Waals surface area contributed by atoms with Gasteiger partial charge in [-0.3, -0.25) is 14.7 Å². The predicted octanol–water partition coefficient (Wildman–Crippen LogP) is 7.40. The quantitative estimate of drug-likeness (QED) is 0.0495. The van der Waals surface area contributed by atoms with Gasteiger partial charge >= 0.3 is 0 Å². The van der Waals surface area contributed by atoms with E-state index in [1.165, 1.54) is 6.20 Å². The Kier molecular flexibility index (Phi) is 12.6. The summed E-state index contributed by atoms with van der Waals surface area (Å²) in [5.41, 5.74) is 10.6. The third-order valence-corrected chi connectivity index (χ3v) is 11.6. The summed E-state index contributed by atoms with van der Waals surface area (Å²) < 4.78 is 6.60. The van der Waals surface area contributed by atoms with Gasteiger partial charge in [0.15, 0.2) is 17.2 Å². The van der Waals surface area contributed by atoms with Gasteiger partial charge in [0.05, 0.1) is 17.4 Å². The minimum absolute atomic E-state index is 0.0248. The molecule has 6 N–H and O–H groups in total. The SMILES string of the molecule is Cc1ccccc1C(=O)C(O)[C@H]1O[C@H](C(CC(CCN)Nc2cccc(C(c3ccccc3)c3ccccc3)c2)c2n[nH]cc2C#N)C[C@@]1(O)C(=O)c1ccccc1C. The molecule has 1 fully saturated rings. The van der Waals surface area contributed by atoms with E-state index in [0.29, 0.717) is 36.2 Å². The molecule has 1 aliphatic heterocycles. The van der Waals surface area contributed by atoms with Gasteiger partial charge in [-0.2, -0.15) is 10.4 Å². The zero-order chi connectivity index (χ0) is 41.5. The number of aliphatic hydroxyl groups is 2. The third kappa shape index (κ3) is 8.65. The second kappa shape index (κ2) is 18.1. The lowest BCUT2D eigenvalue weighted by Gasteiger charge is -2.30. The molecule has 300 valence electrons. The van der Waals surface area contributed by atoms with Gasteiger partial charge < -0.3 is 26.0 Å². The number of nitrogens with one attached hydrogen (secondary N) is 2. The lowest BCUT2D eigenvalue weighted by Crippen LogP contribution is -2.54.